The fourth-order valence-electron chi connectivity index (χ4n) is 0. The lowest BCUT2D eigenvalue weighted by Gasteiger charge is -1.99. The number of thioether (sulfide) groups is 1. The molecule has 0 spiro atoms. The summed E-state index contributed by atoms with van der Waals surface area (Å²) >= 11 is 10.3. The molecule has 0 bridgehead atoms. The number of hydrogen-bond donors (Lipinski definition) is 0. The summed E-state index contributed by atoms with van der Waals surface area (Å²) in [4.78, 5) is 0. The Morgan fingerprint density at radius 3 is 1.83 bits per heavy atom. The Hall–Kier alpha value is 0.860. The maximum Gasteiger partial charge on any atom is 0.304 e. The standard InChI is InChI=1S/C2H3Cl2FS/c1-6-2(3,4)5/h1H3. The third kappa shape index (κ3) is 4.86. The molecule has 0 saturated heterocycles. The van der Waals surface area contributed by atoms with Gasteiger partial charge in [0.2, 0.25) is 0 Å². The van der Waals surface area contributed by atoms with Gasteiger partial charge in [0.15, 0.2) is 0 Å². The van der Waals surface area contributed by atoms with E-state index < -0.39 is 3.92 Å². The molecule has 0 nitrogen and oxygen atoms in total. The molecule has 0 aromatic heterocycles. The fraction of sp³-hybridized carbons (Fsp3) is 1.00. The van der Waals surface area contributed by atoms with E-state index in [9.17, 15) is 4.39 Å². The number of hydrogen-bond acceptors (Lipinski definition) is 1. The topological polar surface area (TPSA) is 0 Å². The molecule has 38 valence electrons. The zero-order chi connectivity index (χ0) is 5.21. The second-order valence-corrected chi connectivity index (χ2v) is 3.30. The Morgan fingerprint density at radius 1 is 1.67 bits per heavy atom. The molecule has 0 heterocycles. The van der Waals surface area contributed by atoms with Crippen molar-refractivity contribution in [2.45, 2.75) is 3.92 Å². The third-order valence-electron chi connectivity index (χ3n) is 0.231. The van der Waals surface area contributed by atoms with Crippen LogP contribution in [-0.2, 0) is 0 Å². The van der Waals surface area contributed by atoms with E-state index in [-0.39, 0.29) is 0 Å². The van der Waals surface area contributed by atoms with Crippen LogP contribution < -0.4 is 0 Å². The van der Waals surface area contributed by atoms with Crippen molar-refractivity contribution in [2.75, 3.05) is 6.26 Å². The Balaban J connectivity index is 3.17. The summed E-state index contributed by atoms with van der Waals surface area (Å²) < 4.78 is 9.51. The van der Waals surface area contributed by atoms with Gasteiger partial charge in [0.25, 0.3) is 0 Å². The van der Waals surface area contributed by atoms with E-state index in [2.05, 4.69) is 0 Å². The predicted octanol–water partition coefficient (Wildman–Crippen LogP) is 2.41. The monoisotopic (exact) mass is 148 g/mol. The first-order valence-electron chi connectivity index (χ1n) is 1.18. The predicted molar refractivity (Wildman–Crippen MR) is 29.1 cm³/mol. The highest BCUT2D eigenvalue weighted by atomic mass is 35.5. The van der Waals surface area contributed by atoms with Gasteiger partial charge in [-0.15, -0.1) is 0 Å². The molecule has 0 atom stereocenters. The van der Waals surface area contributed by atoms with Crippen LogP contribution in [0, 0.1) is 0 Å². The zero-order valence-corrected chi connectivity index (χ0v) is 5.37. The van der Waals surface area contributed by atoms with Crippen LogP contribution in [0.4, 0.5) is 4.39 Å². The molecule has 0 N–H and O–H groups in total. The second-order valence-electron chi connectivity index (χ2n) is 0.650. The van der Waals surface area contributed by atoms with Crippen molar-refractivity contribution in [1.82, 2.24) is 0 Å². The molecule has 4 heteroatoms. The largest absolute Gasteiger partial charge is 0.304 e. The smallest absolute Gasteiger partial charge is 0.195 e. The summed E-state index contributed by atoms with van der Waals surface area (Å²) in [6, 6.07) is 0. The van der Waals surface area contributed by atoms with Crippen molar-refractivity contribution in [2.24, 2.45) is 0 Å². The Morgan fingerprint density at radius 2 is 1.83 bits per heavy atom. The van der Waals surface area contributed by atoms with Gasteiger partial charge in [-0.05, 0) is 6.26 Å². The highest BCUT2D eigenvalue weighted by molar-refractivity contribution is 8.02. The molecule has 6 heavy (non-hydrogen) atoms. The van der Waals surface area contributed by atoms with Crippen LogP contribution in [0.15, 0.2) is 0 Å². The van der Waals surface area contributed by atoms with Crippen molar-refractivity contribution >= 4 is 35.0 Å². The summed E-state index contributed by atoms with van der Waals surface area (Å²) in [5, 5.41) is 0. The van der Waals surface area contributed by atoms with Crippen LogP contribution in [0.1, 0.15) is 0 Å². The number of rotatable bonds is 1. The zero-order valence-electron chi connectivity index (χ0n) is 3.04. The van der Waals surface area contributed by atoms with Crippen molar-refractivity contribution in [3.63, 3.8) is 0 Å². The molecular formula is C2H3Cl2FS. The summed E-state index contributed by atoms with van der Waals surface area (Å²) in [7, 11) is 0. The van der Waals surface area contributed by atoms with E-state index >= 15 is 0 Å². The molecule has 0 aromatic carbocycles. The quantitative estimate of drug-likeness (QED) is 0.516. The highest BCUT2D eigenvalue weighted by Gasteiger charge is 2.18. The molecule has 0 aromatic rings. The van der Waals surface area contributed by atoms with Gasteiger partial charge in [0.05, 0.1) is 0 Å². The first-order valence-corrected chi connectivity index (χ1v) is 3.16. The van der Waals surface area contributed by atoms with E-state index in [0.29, 0.717) is 0 Å². The Kier molecular flexibility index (Phi) is 2.56. The van der Waals surface area contributed by atoms with Gasteiger partial charge in [-0.1, -0.05) is 35.0 Å². The van der Waals surface area contributed by atoms with E-state index in [1.165, 1.54) is 6.26 Å². The molecule has 0 unspecified atom stereocenters. The van der Waals surface area contributed by atoms with Gasteiger partial charge in [-0.25, -0.2) is 0 Å². The molecule has 0 aliphatic rings. The molecule has 0 fully saturated rings. The lowest BCUT2D eigenvalue weighted by molar-refractivity contribution is 0.517. The molecule has 0 radical (unpaired) electrons. The van der Waals surface area contributed by atoms with Gasteiger partial charge in [0.1, 0.15) is 0 Å². The number of halogens is 3. The van der Waals surface area contributed by atoms with Crippen molar-refractivity contribution < 1.29 is 4.39 Å². The molecule has 0 aliphatic carbocycles. The first kappa shape index (κ1) is 6.86. The highest BCUT2D eigenvalue weighted by Crippen LogP contribution is 2.33. The van der Waals surface area contributed by atoms with Gasteiger partial charge in [-0.3, -0.25) is 0 Å². The summed E-state index contributed by atoms with van der Waals surface area (Å²) in [5.74, 6) is 0. The fourth-order valence-corrected chi connectivity index (χ4v) is 0. The normalized spacial score (nSPS) is 12.0. The van der Waals surface area contributed by atoms with E-state index in [1.54, 1.807) is 0 Å². The van der Waals surface area contributed by atoms with Crippen LogP contribution in [-0.4, -0.2) is 10.2 Å². The molecule has 0 rings (SSSR count). The molecule has 0 amide bonds. The minimum Gasteiger partial charge on any atom is -0.195 e. The van der Waals surface area contributed by atoms with Gasteiger partial charge >= 0.3 is 3.92 Å². The number of alkyl halides is 3. The maximum absolute atomic E-state index is 11.6. The molecular weight excluding hydrogens is 146 g/mol. The van der Waals surface area contributed by atoms with Gasteiger partial charge in [0, 0.05) is 0 Å². The van der Waals surface area contributed by atoms with Crippen LogP contribution in [0.25, 0.3) is 0 Å². The SMILES string of the molecule is CSC(F)(Cl)Cl. The van der Waals surface area contributed by atoms with Crippen LogP contribution in [0.3, 0.4) is 0 Å². The lowest BCUT2D eigenvalue weighted by atomic mass is 11.7. The van der Waals surface area contributed by atoms with Crippen LogP contribution in [0.5, 0.6) is 0 Å². The first-order chi connectivity index (χ1) is 2.56. The minimum absolute atomic E-state index is 0.746. The van der Waals surface area contributed by atoms with Crippen LogP contribution >= 0.6 is 35.0 Å². The summed E-state index contributed by atoms with van der Waals surface area (Å²) in [6.45, 7) is 0. The second kappa shape index (κ2) is 2.24. The maximum atomic E-state index is 11.6. The Bertz CT molecular complexity index is 41.3. The molecule has 0 aliphatic heterocycles. The van der Waals surface area contributed by atoms with Crippen LogP contribution in [0.2, 0.25) is 0 Å². The van der Waals surface area contributed by atoms with Gasteiger partial charge < -0.3 is 0 Å². The summed E-state index contributed by atoms with van der Waals surface area (Å²) in [5.41, 5.74) is 0. The van der Waals surface area contributed by atoms with Crippen molar-refractivity contribution in [3.05, 3.63) is 0 Å². The van der Waals surface area contributed by atoms with Gasteiger partial charge in [-0.2, -0.15) is 4.39 Å². The van der Waals surface area contributed by atoms with E-state index in [1.807, 2.05) is 0 Å². The lowest BCUT2D eigenvalue weighted by Crippen LogP contribution is -1.91. The van der Waals surface area contributed by atoms with Crippen molar-refractivity contribution in [3.8, 4) is 0 Å². The minimum atomic E-state index is -2.10. The van der Waals surface area contributed by atoms with E-state index in [4.69, 9.17) is 23.2 Å². The molecule has 0 saturated carbocycles. The summed E-state index contributed by atoms with van der Waals surface area (Å²) in [6.07, 6.45) is 1.49. The van der Waals surface area contributed by atoms with Crippen molar-refractivity contribution in [1.29, 1.82) is 0 Å². The third-order valence-corrected chi connectivity index (χ3v) is 1.62. The average Bonchev–Trinajstić information content (AvgIpc) is 1.35. The van der Waals surface area contributed by atoms with E-state index in [0.717, 1.165) is 11.8 Å². The Labute approximate surface area is 50.0 Å². The average molecular weight is 149 g/mol.